The number of benzene rings is 3. The molecule has 5 rings (SSSR count). The Hall–Kier alpha value is -3.19. The fraction of sp³-hybridized carbons (Fsp3) is 0.0417. The molecule has 0 aromatic heterocycles. The molecule has 1 heterocycles. The fourth-order valence-corrected chi connectivity index (χ4v) is 4.06. The van der Waals surface area contributed by atoms with Gasteiger partial charge in [-0.05, 0) is 23.3 Å². The minimum Gasteiger partial charge on any atom is -0.248 e. The highest BCUT2D eigenvalue weighted by atomic mass is 14.8. The van der Waals surface area contributed by atoms with Crippen molar-refractivity contribution in [2.24, 2.45) is 4.99 Å². The lowest BCUT2D eigenvalue weighted by Crippen LogP contribution is -2.34. The van der Waals surface area contributed by atoms with Crippen LogP contribution in [0.15, 0.2) is 114 Å². The largest absolute Gasteiger partial charge is 0.248 e. The first-order valence-corrected chi connectivity index (χ1v) is 8.59. The van der Waals surface area contributed by atoms with E-state index >= 15 is 0 Å². The fourth-order valence-electron chi connectivity index (χ4n) is 4.06. The van der Waals surface area contributed by atoms with Gasteiger partial charge in [-0.3, -0.25) is 0 Å². The molecule has 1 nitrogen and oxygen atoms in total. The summed E-state index contributed by atoms with van der Waals surface area (Å²) < 4.78 is 0. The normalized spacial score (nSPS) is 16.6. The van der Waals surface area contributed by atoms with Gasteiger partial charge in [-0.15, -0.1) is 0 Å². The van der Waals surface area contributed by atoms with E-state index < -0.39 is 0 Å². The summed E-state index contributed by atoms with van der Waals surface area (Å²) in [6.07, 6.45) is 6.59. The van der Waals surface area contributed by atoms with Crippen LogP contribution in [0, 0.1) is 0 Å². The van der Waals surface area contributed by atoms with Gasteiger partial charge in [0.2, 0.25) is 0 Å². The van der Waals surface area contributed by atoms with Crippen LogP contribution in [0.3, 0.4) is 0 Å². The van der Waals surface area contributed by atoms with Gasteiger partial charge in [0, 0.05) is 10.8 Å². The molecule has 0 unspecified atom stereocenters. The van der Waals surface area contributed by atoms with E-state index in [0.29, 0.717) is 0 Å². The molecule has 3 aromatic rings. The molecule has 3 aromatic carbocycles. The van der Waals surface area contributed by atoms with Gasteiger partial charge in [-0.1, -0.05) is 91.0 Å². The third kappa shape index (κ3) is 1.99. The molecule has 2 aliphatic rings. The summed E-state index contributed by atoms with van der Waals surface area (Å²) in [6, 6.07) is 29.9. The van der Waals surface area contributed by atoms with Gasteiger partial charge in [-0.25, -0.2) is 4.99 Å². The zero-order valence-corrected chi connectivity index (χ0v) is 13.8. The summed E-state index contributed by atoms with van der Waals surface area (Å²) in [5.41, 5.74) is 4.57. The number of hydrogen-bond acceptors (Lipinski definition) is 1. The van der Waals surface area contributed by atoms with E-state index in [-0.39, 0.29) is 5.41 Å². The Morgan fingerprint density at radius 1 is 0.640 bits per heavy atom. The molecule has 0 N–H and O–H groups in total. The first kappa shape index (κ1) is 14.2. The van der Waals surface area contributed by atoms with Gasteiger partial charge in [0.15, 0.2) is 0 Å². The minimum atomic E-state index is -0.317. The second-order valence-electron chi connectivity index (χ2n) is 6.46. The van der Waals surface area contributed by atoms with Crippen LogP contribution in [0.1, 0.15) is 11.1 Å². The molecule has 1 aliphatic heterocycles. The van der Waals surface area contributed by atoms with E-state index in [2.05, 4.69) is 103 Å². The van der Waals surface area contributed by atoms with Crippen molar-refractivity contribution in [2.75, 3.05) is 0 Å². The average molecular weight is 319 g/mol. The maximum absolute atomic E-state index is 4.89. The summed E-state index contributed by atoms with van der Waals surface area (Å²) in [6.45, 7) is 0. The lowest BCUT2D eigenvalue weighted by Gasteiger charge is -2.36. The van der Waals surface area contributed by atoms with Crippen molar-refractivity contribution in [1.82, 2.24) is 0 Å². The molecule has 0 fully saturated rings. The first-order chi connectivity index (χ1) is 12.4. The van der Waals surface area contributed by atoms with Crippen molar-refractivity contribution >= 4 is 5.57 Å². The van der Waals surface area contributed by atoms with Crippen LogP contribution in [0.5, 0.6) is 0 Å². The molecule has 1 heteroatoms. The summed E-state index contributed by atoms with van der Waals surface area (Å²) in [7, 11) is 0. The maximum atomic E-state index is 4.89. The number of nitrogens with zero attached hydrogens (tertiary/aromatic N) is 1. The predicted molar refractivity (Wildman–Crippen MR) is 102 cm³/mol. The molecule has 1 aliphatic carbocycles. The Bertz CT molecular complexity index is 1080. The van der Waals surface area contributed by atoms with Gasteiger partial charge in [-0.2, -0.15) is 0 Å². The Labute approximate surface area is 147 Å². The van der Waals surface area contributed by atoms with Crippen LogP contribution >= 0.6 is 0 Å². The molecule has 0 saturated carbocycles. The standard InChI is InChI=1S/C24H17N/c1-3-10-18(11-4-1)24(19-12-5-2-6-13-19)17-9-16-22-23(24)20-14-7-8-15-21(20)25-22/h1-17H. The Balaban J connectivity index is 1.95. The monoisotopic (exact) mass is 319 g/mol. The van der Waals surface area contributed by atoms with E-state index in [1.54, 1.807) is 0 Å². The van der Waals surface area contributed by atoms with Crippen LogP contribution in [0.2, 0.25) is 0 Å². The molecule has 118 valence electrons. The molecular weight excluding hydrogens is 302 g/mol. The van der Waals surface area contributed by atoms with E-state index in [1.165, 1.54) is 21.9 Å². The van der Waals surface area contributed by atoms with Crippen molar-refractivity contribution in [3.63, 3.8) is 0 Å². The second-order valence-corrected chi connectivity index (χ2v) is 6.46. The SMILES string of the molecule is C1=CC(c2ccccc2)(c2ccccc2)C2=c3ccccc3=NC2=C1. The van der Waals surface area contributed by atoms with Crippen molar-refractivity contribution in [3.05, 3.63) is 131 Å². The zero-order chi connectivity index (χ0) is 16.7. The number of hydrogen-bond donors (Lipinski definition) is 0. The van der Waals surface area contributed by atoms with Crippen LogP contribution < -0.4 is 10.6 Å². The van der Waals surface area contributed by atoms with Gasteiger partial charge in [0.25, 0.3) is 0 Å². The van der Waals surface area contributed by atoms with Crippen molar-refractivity contribution in [2.45, 2.75) is 5.41 Å². The number of allylic oxidation sites excluding steroid dienone is 4. The van der Waals surface area contributed by atoms with Crippen molar-refractivity contribution in [1.29, 1.82) is 0 Å². The quantitative estimate of drug-likeness (QED) is 0.679. The van der Waals surface area contributed by atoms with Gasteiger partial charge in [0.1, 0.15) is 0 Å². The van der Waals surface area contributed by atoms with E-state index in [4.69, 9.17) is 4.99 Å². The number of fused-ring (bicyclic) bond motifs is 2. The first-order valence-electron chi connectivity index (χ1n) is 8.59. The smallest absolute Gasteiger partial charge is 0.0713 e. The number of para-hydroxylation sites is 1. The average Bonchev–Trinajstić information content (AvgIpc) is 3.08. The van der Waals surface area contributed by atoms with Gasteiger partial charge >= 0.3 is 0 Å². The molecule has 0 bridgehead atoms. The van der Waals surface area contributed by atoms with E-state index in [0.717, 1.165) is 11.1 Å². The summed E-state index contributed by atoms with van der Waals surface area (Å²) in [5, 5.41) is 2.29. The van der Waals surface area contributed by atoms with Crippen LogP contribution in [0.25, 0.3) is 5.57 Å². The van der Waals surface area contributed by atoms with Crippen LogP contribution in [-0.2, 0) is 5.41 Å². The van der Waals surface area contributed by atoms with Crippen molar-refractivity contribution in [3.8, 4) is 0 Å². The highest BCUT2D eigenvalue weighted by Gasteiger charge is 2.40. The lowest BCUT2D eigenvalue weighted by molar-refractivity contribution is 0.825. The summed E-state index contributed by atoms with van der Waals surface area (Å²) >= 11 is 0. The molecule has 25 heavy (non-hydrogen) atoms. The minimum absolute atomic E-state index is 0.317. The molecule has 0 saturated heterocycles. The Morgan fingerprint density at radius 3 is 1.92 bits per heavy atom. The second kappa shape index (κ2) is 5.42. The van der Waals surface area contributed by atoms with Crippen molar-refractivity contribution < 1.29 is 0 Å². The third-order valence-electron chi connectivity index (χ3n) is 5.12. The molecule has 0 atom stereocenters. The maximum Gasteiger partial charge on any atom is 0.0713 e. The summed E-state index contributed by atoms with van der Waals surface area (Å²) in [5.74, 6) is 0. The lowest BCUT2D eigenvalue weighted by atomic mass is 9.66. The van der Waals surface area contributed by atoms with E-state index in [9.17, 15) is 0 Å². The Kier molecular flexibility index (Phi) is 3.07. The predicted octanol–water partition coefficient (Wildman–Crippen LogP) is 3.91. The molecule has 0 radical (unpaired) electrons. The summed E-state index contributed by atoms with van der Waals surface area (Å²) in [4.78, 5) is 4.89. The molecule has 0 amide bonds. The van der Waals surface area contributed by atoms with Crippen LogP contribution in [0.4, 0.5) is 0 Å². The topological polar surface area (TPSA) is 12.4 Å². The highest BCUT2D eigenvalue weighted by molar-refractivity contribution is 5.84. The van der Waals surface area contributed by atoms with Gasteiger partial charge in [0.05, 0.1) is 16.5 Å². The highest BCUT2D eigenvalue weighted by Crippen LogP contribution is 2.46. The van der Waals surface area contributed by atoms with Gasteiger partial charge < -0.3 is 0 Å². The number of rotatable bonds is 2. The van der Waals surface area contributed by atoms with Crippen LogP contribution in [-0.4, -0.2) is 0 Å². The third-order valence-corrected chi connectivity index (χ3v) is 5.12. The molecule has 0 spiro atoms. The zero-order valence-electron chi connectivity index (χ0n) is 13.8. The van der Waals surface area contributed by atoms with E-state index in [1.807, 2.05) is 0 Å². The Morgan fingerprint density at radius 2 is 1.24 bits per heavy atom. The molecular formula is C24H17N.